The predicted octanol–water partition coefficient (Wildman–Crippen LogP) is 2.25. The summed E-state index contributed by atoms with van der Waals surface area (Å²) in [5.41, 5.74) is 1.20. The molecule has 5 heteroatoms. The van der Waals surface area contributed by atoms with E-state index in [1.165, 1.54) is 5.56 Å². The van der Waals surface area contributed by atoms with Crippen molar-refractivity contribution in [2.75, 3.05) is 20.6 Å². The van der Waals surface area contributed by atoms with Crippen molar-refractivity contribution >= 4 is 7.98 Å². The van der Waals surface area contributed by atoms with Crippen molar-refractivity contribution in [3.05, 3.63) is 18.0 Å². The Bertz CT molecular complexity index is 373. The predicted molar refractivity (Wildman–Crippen MR) is 81.3 cm³/mol. The van der Waals surface area contributed by atoms with Gasteiger partial charge in [-0.15, -0.1) is 0 Å². The van der Waals surface area contributed by atoms with Crippen molar-refractivity contribution < 1.29 is 0 Å². The van der Waals surface area contributed by atoms with Gasteiger partial charge in [0.05, 0.1) is 6.20 Å². The van der Waals surface area contributed by atoms with Gasteiger partial charge in [-0.3, -0.25) is 4.68 Å². The topological polar surface area (TPSA) is 24.3 Å². The van der Waals surface area contributed by atoms with Crippen LogP contribution in [0.25, 0.3) is 0 Å². The maximum absolute atomic E-state index is 6.24. The van der Waals surface area contributed by atoms with Gasteiger partial charge in [-0.25, -0.2) is 0 Å². The van der Waals surface area contributed by atoms with Crippen LogP contribution in [0, 0.1) is 0 Å². The highest BCUT2D eigenvalue weighted by molar-refractivity contribution is 6.04. The van der Waals surface area contributed by atoms with Crippen LogP contribution in [-0.2, 0) is 0 Å². The Morgan fingerprint density at radius 3 is 2.32 bits per heavy atom. The largest absolute Gasteiger partial charge is 0.345 e. The van der Waals surface area contributed by atoms with Crippen LogP contribution >= 0.6 is 0 Å². The molecule has 106 valence electrons. The molecular formula is C14H27BN4. The van der Waals surface area contributed by atoms with E-state index < -0.39 is 0 Å². The molecule has 0 amide bonds. The summed E-state index contributed by atoms with van der Waals surface area (Å²) in [4.78, 5) is 4.12. The van der Waals surface area contributed by atoms with Gasteiger partial charge in [0.2, 0.25) is 0 Å². The summed E-state index contributed by atoms with van der Waals surface area (Å²) < 4.78 is 1.99. The van der Waals surface area contributed by atoms with Crippen molar-refractivity contribution in [1.29, 1.82) is 0 Å². The first-order valence-corrected chi connectivity index (χ1v) is 7.04. The minimum absolute atomic E-state index is 0.217. The van der Waals surface area contributed by atoms with Gasteiger partial charge in [0.1, 0.15) is 0 Å². The smallest absolute Gasteiger partial charge is 0.183 e. The maximum Gasteiger partial charge on any atom is 0.183 e. The number of aromatic nitrogens is 2. The molecule has 0 N–H and O–H groups in total. The molecule has 19 heavy (non-hydrogen) atoms. The highest BCUT2D eigenvalue weighted by Crippen LogP contribution is 2.25. The van der Waals surface area contributed by atoms with Crippen LogP contribution in [0.4, 0.5) is 0 Å². The molecule has 1 atom stereocenters. The highest BCUT2D eigenvalue weighted by atomic mass is 15.3. The van der Waals surface area contributed by atoms with Gasteiger partial charge in [0.15, 0.2) is 7.98 Å². The van der Waals surface area contributed by atoms with Crippen LogP contribution in [0.5, 0.6) is 0 Å². The number of hydrogen-bond donors (Lipinski definition) is 0. The molecule has 0 aliphatic rings. The molecule has 1 rings (SSSR count). The van der Waals surface area contributed by atoms with E-state index in [9.17, 15) is 0 Å². The van der Waals surface area contributed by atoms with E-state index in [2.05, 4.69) is 58.0 Å². The number of hydrogen-bond acceptors (Lipinski definition) is 3. The van der Waals surface area contributed by atoms with E-state index in [1.807, 2.05) is 15.7 Å². The summed E-state index contributed by atoms with van der Waals surface area (Å²) in [6.07, 6.45) is 5.07. The van der Waals surface area contributed by atoms with Crippen molar-refractivity contribution in [2.45, 2.75) is 52.2 Å². The Morgan fingerprint density at radius 1 is 1.26 bits per heavy atom. The Kier molecular flexibility index (Phi) is 6.08. The molecule has 0 spiro atoms. The minimum atomic E-state index is 0.217. The molecule has 0 saturated heterocycles. The highest BCUT2D eigenvalue weighted by Gasteiger charge is 2.20. The van der Waals surface area contributed by atoms with E-state index in [4.69, 9.17) is 7.98 Å². The second kappa shape index (κ2) is 7.10. The molecule has 0 bridgehead atoms. The monoisotopic (exact) mass is 262 g/mol. The van der Waals surface area contributed by atoms with Crippen LogP contribution in [0.2, 0.25) is 0 Å². The molecule has 0 fully saturated rings. The molecule has 0 saturated carbocycles. The Labute approximate surface area is 119 Å². The first-order chi connectivity index (χ1) is 8.82. The van der Waals surface area contributed by atoms with Crippen LogP contribution in [-0.4, -0.2) is 54.2 Å². The van der Waals surface area contributed by atoms with Gasteiger partial charge in [0, 0.05) is 23.8 Å². The van der Waals surface area contributed by atoms with Crippen LogP contribution < -0.4 is 0 Å². The van der Waals surface area contributed by atoms with E-state index >= 15 is 0 Å². The Hall–Kier alpha value is -0.805. The normalized spacial score (nSPS) is 14.0. The van der Waals surface area contributed by atoms with Crippen molar-refractivity contribution in [3.63, 3.8) is 0 Å². The number of rotatable bonds is 7. The fourth-order valence-electron chi connectivity index (χ4n) is 2.04. The van der Waals surface area contributed by atoms with Gasteiger partial charge >= 0.3 is 0 Å². The lowest BCUT2D eigenvalue weighted by Gasteiger charge is -2.32. The van der Waals surface area contributed by atoms with E-state index in [0.717, 1.165) is 13.0 Å². The summed E-state index contributed by atoms with van der Waals surface area (Å²) >= 11 is 0. The Morgan fingerprint density at radius 2 is 1.89 bits per heavy atom. The average molecular weight is 262 g/mol. The van der Waals surface area contributed by atoms with Gasteiger partial charge in [-0.05, 0) is 47.0 Å². The van der Waals surface area contributed by atoms with Crippen LogP contribution in [0.1, 0.15) is 51.8 Å². The second-order valence-electron chi connectivity index (χ2n) is 6.00. The molecular weight excluding hydrogens is 235 g/mol. The fourth-order valence-corrected chi connectivity index (χ4v) is 2.04. The molecule has 4 nitrogen and oxygen atoms in total. The molecule has 1 aromatic heterocycles. The third-order valence-corrected chi connectivity index (χ3v) is 3.34. The van der Waals surface area contributed by atoms with Crippen molar-refractivity contribution in [1.82, 2.24) is 19.5 Å². The van der Waals surface area contributed by atoms with Crippen molar-refractivity contribution in [3.8, 4) is 0 Å². The maximum atomic E-state index is 6.24. The summed E-state index contributed by atoms with van der Waals surface area (Å²) in [5, 5.41) is 4.43. The first kappa shape index (κ1) is 16.2. The summed E-state index contributed by atoms with van der Waals surface area (Å²) in [7, 11) is 10.4. The zero-order valence-corrected chi connectivity index (χ0v) is 13.2. The number of nitrogens with zero attached hydrogens (tertiary/aromatic N) is 4. The molecule has 0 aromatic carbocycles. The third kappa shape index (κ3) is 4.66. The zero-order chi connectivity index (χ0) is 14.6. The third-order valence-electron chi connectivity index (χ3n) is 3.34. The lowest BCUT2D eigenvalue weighted by Crippen LogP contribution is -2.34. The fraction of sp³-hybridized carbons (Fsp3) is 0.786. The molecule has 0 aliphatic carbocycles. The molecule has 1 heterocycles. The summed E-state index contributed by atoms with van der Waals surface area (Å²) in [6.45, 7) is 9.52. The van der Waals surface area contributed by atoms with Gasteiger partial charge < -0.3 is 9.71 Å². The second-order valence-corrected chi connectivity index (χ2v) is 6.00. The first-order valence-electron chi connectivity index (χ1n) is 7.04. The van der Waals surface area contributed by atoms with E-state index in [-0.39, 0.29) is 6.04 Å². The van der Waals surface area contributed by atoms with Crippen LogP contribution in [0.3, 0.4) is 0 Å². The molecule has 2 radical (unpaired) electrons. The van der Waals surface area contributed by atoms with Gasteiger partial charge in [-0.1, -0.05) is 13.8 Å². The Balaban J connectivity index is 2.87. The average Bonchev–Trinajstić information content (AvgIpc) is 2.78. The zero-order valence-electron chi connectivity index (χ0n) is 13.2. The van der Waals surface area contributed by atoms with E-state index in [0.29, 0.717) is 12.1 Å². The summed E-state index contributed by atoms with van der Waals surface area (Å²) in [6, 6.07) is 0.915. The summed E-state index contributed by atoms with van der Waals surface area (Å²) in [5.74, 6) is 0. The molecule has 1 unspecified atom stereocenters. The van der Waals surface area contributed by atoms with Gasteiger partial charge in [0.25, 0.3) is 0 Å². The lowest BCUT2D eigenvalue weighted by atomic mass is 9.99. The minimum Gasteiger partial charge on any atom is -0.345 e. The van der Waals surface area contributed by atoms with Crippen LogP contribution in [0.15, 0.2) is 12.4 Å². The lowest BCUT2D eigenvalue weighted by molar-refractivity contribution is 0.251. The molecule has 1 aromatic rings. The van der Waals surface area contributed by atoms with Crippen molar-refractivity contribution in [2.24, 2.45) is 0 Å². The SMILES string of the molecule is [B]N(C(C)C)C(CCN(C)C)c1cnn(C(C)C)c1. The quantitative estimate of drug-likeness (QED) is 0.704. The van der Waals surface area contributed by atoms with Gasteiger partial charge in [-0.2, -0.15) is 5.10 Å². The molecule has 0 aliphatic heterocycles. The van der Waals surface area contributed by atoms with E-state index in [1.54, 1.807) is 0 Å². The standard InChI is InChI=1S/C14H27BN4/c1-11(2)18-10-13(9-16-18)14(7-8-17(5)6)19(15)12(3)4/h9-12,14H,7-8H2,1-6H3.